The van der Waals surface area contributed by atoms with Gasteiger partial charge in [-0.05, 0) is 12.5 Å². The molecule has 1 aliphatic rings. The summed E-state index contributed by atoms with van der Waals surface area (Å²) in [4.78, 5) is 16.4. The zero-order chi connectivity index (χ0) is 13.2. The van der Waals surface area contributed by atoms with E-state index >= 15 is 0 Å². The van der Waals surface area contributed by atoms with Crippen molar-refractivity contribution in [3.8, 4) is 0 Å². The van der Waals surface area contributed by atoms with Crippen molar-refractivity contribution >= 4 is 11.5 Å². The van der Waals surface area contributed by atoms with E-state index in [9.17, 15) is 10.1 Å². The molecule has 98 valence electrons. The van der Waals surface area contributed by atoms with Gasteiger partial charge < -0.3 is 9.42 Å². The third-order valence-electron chi connectivity index (χ3n) is 3.33. The highest BCUT2D eigenvalue weighted by molar-refractivity contribution is 5.44. The Kier molecular flexibility index (Phi) is 2.86. The minimum Gasteiger partial charge on any atom is -0.365 e. The molecule has 0 aromatic carbocycles. The number of hydrogen-bond donors (Lipinski definition) is 0. The summed E-state index contributed by atoms with van der Waals surface area (Å²) in [6.07, 6.45) is 3.84. The van der Waals surface area contributed by atoms with Crippen LogP contribution in [0.4, 0.5) is 11.5 Å². The molecule has 2 aromatic heterocycles. The SMILES string of the molecule is O=[N+]([O-])c1ccc(N2CCC(c3ccon3)C2)nc1. The van der Waals surface area contributed by atoms with E-state index in [1.165, 1.54) is 12.3 Å². The summed E-state index contributed by atoms with van der Waals surface area (Å²) < 4.78 is 4.85. The maximum Gasteiger partial charge on any atom is 0.287 e. The molecule has 0 spiro atoms. The van der Waals surface area contributed by atoms with Crippen LogP contribution in [-0.4, -0.2) is 28.2 Å². The third kappa shape index (κ3) is 2.26. The molecule has 7 heteroatoms. The summed E-state index contributed by atoms with van der Waals surface area (Å²) in [6, 6.07) is 5.03. The Hall–Kier alpha value is -2.44. The summed E-state index contributed by atoms with van der Waals surface area (Å²) in [7, 11) is 0. The van der Waals surface area contributed by atoms with Gasteiger partial charge in [0.1, 0.15) is 18.3 Å². The maximum atomic E-state index is 10.6. The molecule has 0 amide bonds. The van der Waals surface area contributed by atoms with Crippen LogP contribution in [0.25, 0.3) is 0 Å². The summed E-state index contributed by atoms with van der Waals surface area (Å²) in [5, 5.41) is 14.5. The van der Waals surface area contributed by atoms with E-state index in [-0.39, 0.29) is 5.69 Å². The predicted octanol–water partition coefficient (Wildman–Crippen LogP) is 1.97. The van der Waals surface area contributed by atoms with Gasteiger partial charge in [0.05, 0.1) is 10.6 Å². The molecule has 1 fully saturated rings. The summed E-state index contributed by atoms with van der Waals surface area (Å²) >= 11 is 0. The zero-order valence-corrected chi connectivity index (χ0v) is 10.1. The standard InChI is InChI=1S/C12H12N4O3/c17-16(18)10-1-2-12(13-7-10)15-5-3-9(8-15)11-4-6-19-14-11/h1-2,4,6-7,9H,3,5,8H2. The Morgan fingerprint density at radius 2 is 2.32 bits per heavy atom. The largest absolute Gasteiger partial charge is 0.365 e. The van der Waals surface area contributed by atoms with Crippen LogP contribution in [0, 0.1) is 10.1 Å². The van der Waals surface area contributed by atoms with Crippen molar-refractivity contribution in [2.75, 3.05) is 18.0 Å². The number of aromatic nitrogens is 2. The number of anilines is 1. The highest BCUT2D eigenvalue weighted by Crippen LogP contribution is 2.29. The first kappa shape index (κ1) is 11.6. The van der Waals surface area contributed by atoms with Gasteiger partial charge in [0.25, 0.3) is 5.69 Å². The first-order valence-electron chi connectivity index (χ1n) is 6.00. The fourth-order valence-electron chi connectivity index (χ4n) is 2.32. The van der Waals surface area contributed by atoms with E-state index in [0.29, 0.717) is 5.92 Å². The number of nitrogens with zero attached hydrogens (tertiary/aromatic N) is 4. The molecule has 0 saturated carbocycles. The van der Waals surface area contributed by atoms with Gasteiger partial charge in [0.15, 0.2) is 0 Å². The molecule has 1 aliphatic heterocycles. The Morgan fingerprint density at radius 3 is 2.95 bits per heavy atom. The van der Waals surface area contributed by atoms with E-state index < -0.39 is 4.92 Å². The van der Waals surface area contributed by atoms with Crippen LogP contribution >= 0.6 is 0 Å². The van der Waals surface area contributed by atoms with Gasteiger partial charge in [-0.15, -0.1) is 0 Å². The van der Waals surface area contributed by atoms with E-state index in [4.69, 9.17) is 4.52 Å². The highest BCUT2D eigenvalue weighted by Gasteiger charge is 2.26. The van der Waals surface area contributed by atoms with E-state index in [0.717, 1.165) is 31.0 Å². The highest BCUT2D eigenvalue weighted by atomic mass is 16.6. The van der Waals surface area contributed by atoms with Gasteiger partial charge in [0, 0.05) is 31.1 Å². The summed E-state index contributed by atoms with van der Waals surface area (Å²) in [5.74, 6) is 1.09. The van der Waals surface area contributed by atoms with E-state index in [2.05, 4.69) is 15.0 Å². The van der Waals surface area contributed by atoms with Crippen LogP contribution < -0.4 is 4.90 Å². The van der Waals surface area contributed by atoms with Crippen molar-refractivity contribution in [2.24, 2.45) is 0 Å². The first-order chi connectivity index (χ1) is 9.24. The van der Waals surface area contributed by atoms with Crippen molar-refractivity contribution in [2.45, 2.75) is 12.3 Å². The molecule has 0 radical (unpaired) electrons. The van der Waals surface area contributed by atoms with Crippen molar-refractivity contribution in [3.05, 3.63) is 46.5 Å². The molecule has 1 unspecified atom stereocenters. The molecule has 0 aliphatic carbocycles. The van der Waals surface area contributed by atoms with Crippen molar-refractivity contribution in [3.63, 3.8) is 0 Å². The molecule has 0 N–H and O–H groups in total. The summed E-state index contributed by atoms with van der Waals surface area (Å²) in [5.41, 5.74) is 0.959. The van der Waals surface area contributed by atoms with Crippen molar-refractivity contribution in [1.82, 2.24) is 10.1 Å². The van der Waals surface area contributed by atoms with Crippen molar-refractivity contribution in [1.29, 1.82) is 0 Å². The number of rotatable bonds is 3. The molecule has 0 bridgehead atoms. The molecule has 1 saturated heterocycles. The van der Waals surface area contributed by atoms with Gasteiger partial charge in [-0.3, -0.25) is 10.1 Å². The van der Waals surface area contributed by atoms with Gasteiger partial charge in [0.2, 0.25) is 0 Å². The second-order valence-corrected chi connectivity index (χ2v) is 4.49. The molecule has 19 heavy (non-hydrogen) atoms. The molecule has 7 nitrogen and oxygen atoms in total. The Labute approximate surface area is 109 Å². The average molecular weight is 260 g/mol. The zero-order valence-electron chi connectivity index (χ0n) is 10.1. The molecular weight excluding hydrogens is 248 g/mol. The lowest BCUT2D eigenvalue weighted by molar-refractivity contribution is -0.385. The Morgan fingerprint density at radius 1 is 1.42 bits per heavy atom. The Bertz CT molecular complexity index is 567. The second-order valence-electron chi connectivity index (χ2n) is 4.49. The quantitative estimate of drug-likeness (QED) is 0.619. The normalized spacial score (nSPS) is 18.7. The number of nitro groups is 1. The lowest BCUT2D eigenvalue weighted by atomic mass is 10.1. The minimum absolute atomic E-state index is 0.0102. The van der Waals surface area contributed by atoms with Crippen LogP contribution in [0.15, 0.2) is 35.2 Å². The monoisotopic (exact) mass is 260 g/mol. The maximum absolute atomic E-state index is 10.6. The average Bonchev–Trinajstić information content (AvgIpc) is 3.10. The molecule has 2 aromatic rings. The second kappa shape index (κ2) is 4.68. The third-order valence-corrected chi connectivity index (χ3v) is 3.33. The van der Waals surface area contributed by atoms with Crippen LogP contribution in [0.3, 0.4) is 0 Å². The smallest absolute Gasteiger partial charge is 0.287 e. The summed E-state index contributed by atoms with van der Waals surface area (Å²) in [6.45, 7) is 1.67. The number of hydrogen-bond acceptors (Lipinski definition) is 6. The molecule has 3 heterocycles. The van der Waals surface area contributed by atoms with Crippen LogP contribution in [0.5, 0.6) is 0 Å². The predicted molar refractivity (Wildman–Crippen MR) is 67.0 cm³/mol. The molecule has 3 rings (SSSR count). The van der Waals surface area contributed by atoms with Crippen molar-refractivity contribution < 1.29 is 9.45 Å². The van der Waals surface area contributed by atoms with Gasteiger partial charge >= 0.3 is 0 Å². The lowest BCUT2D eigenvalue weighted by Gasteiger charge is -2.16. The lowest BCUT2D eigenvalue weighted by Crippen LogP contribution is -2.20. The van der Waals surface area contributed by atoms with Gasteiger partial charge in [-0.25, -0.2) is 4.98 Å². The Balaban J connectivity index is 1.72. The van der Waals surface area contributed by atoms with E-state index in [1.807, 2.05) is 6.07 Å². The topological polar surface area (TPSA) is 85.3 Å². The minimum atomic E-state index is -0.445. The van der Waals surface area contributed by atoms with Gasteiger partial charge in [-0.1, -0.05) is 5.16 Å². The van der Waals surface area contributed by atoms with Crippen LogP contribution in [0.1, 0.15) is 18.0 Å². The fourth-order valence-corrected chi connectivity index (χ4v) is 2.32. The first-order valence-corrected chi connectivity index (χ1v) is 6.00. The number of pyridine rings is 1. The van der Waals surface area contributed by atoms with E-state index in [1.54, 1.807) is 12.3 Å². The van der Waals surface area contributed by atoms with Crippen LogP contribution in [-0.2, 0) is 0 Å². The van der Waals surface area contributed by atoms with Crippen LogP contribution in [0.2, 0.25) is 0 Å². The molecule has 1 atom stereocenters. The van der Waals surface area contributed by atoms with Gasteiger partial charge in [-0.2, -0.15) is 0 Å². The fraction of sp³-hybridized carbons (Fsp3) is 0.333. The molecular formula is C12H12N4O3.